The molecular weight excluding hydrogens is 212 g/mol. The van der Waals surface area contributed by atoms with Gasteiger partial charge in [0.15, 0.2) is 5.82 Å². The summed E-state index contributed by atoms with van der Waals surface area (Å²) < 4.78 is 0. The van der Waals surface area contributed by atoms with Crippen LogP contribution in [-0.4, -0.2) is 9.97 Å². The van der Waals surface area contributed by atoms with Crippen LogP contribution in [0.1, 0.15) is 11.9 Å². The van der Waals surface area contributed by atoms with Crippen molar-refractivity contribution in [1.82, 2.24) is 20.6 Å². The van der Waals surface area contributed by atoms with Gasteiger partial charge in [-0.05, 0) is 6.07 Å². The van der Waals surface area contributed by atoms with E-state index in [1.54, 1.807) is 6.20 Å². The molecule has 3 rings (SSSR count). The summed E-state index contributed by atoms with van der Waals surface area (Å²) in [6.45, 7) is 0. The average Bonchev–Trinajstić information content (AvgIpc) is 2.94. The smallest absolute Gasteiger partial charge is 0.159 e. The summed E-state index contributed by atoms with van der Waals surface area (Å²) in [5.74, 6) is 0.749. The molecule has 0 amide bonds. The molecule has 84 valence electrons. The number of hydrogen-bond donors (Lipinski definition) is 2. The van der Waals surface area contributed by atoms with E-state index in [2.05, 4.69) is 20.6 Å². The Morgan fingerprint density at radius 3 is 2.47 bits per heavy atom. The first-order chi connectivity index (χ1) is 8.43. The van der Waals surface area contributed by atoms with Crippen LogP contribution >= 0.6 is 0 Å². The minimum atomic E-state index is 0.0421. The molecule has 0 unspecified atom stereocenters. The maximum atomic E-state index is 4.55. The fraction of sp³-hybridized carbons (Fsp3) is 0.0769. The predicted octanol–water partition coefficient (Wildman–Crippen LogP) is 1.81. The van der Waals surface area contributed by atoms with Crippen LogP contribution in [-0.2, 0) is 0 Å². The normalized spacial score (nSPS) is 14.4. The van der Waals surface area contributed by atoms with Gasteiger partial charge in [-0.25, -0.2) is 9.97 Å². The molecule has 0 spiro atoms. The van der Waals surface area contributed by atoms with E-state index in [1.807, 2.05) is 48.8 Å². The lowest BCUT2D eigenvalue weighted by Gasteiger charge is -2.12. The summed E-state index contributed by atoms with van der Waals surface area (Å²) in [5.41, 5.74) is 1.96. The van der Waals surface area contributed by atoms with E-state index in [-0.39, 0.29) is 6.17 Å². The van der Waals surface area contributed by atoms with Gasteiger partial charge in [0.25, 0.3) is 0 Å². The van der Waals surface area contributed by atoms with Crippen molar-refractivity contribution in [3.8, 4) is 11.4 Å². The van der Waals surface area contributed by atoms with Gasteiger partial charge >= 0.3 is 0 Å². The molecule has 17 heavy (non-hydrogen) atoms. The van der Waals surface area contributed by atoms with Crippen molar-refractivity contribution in [1.29, 1.82) is 0 Å². The Morgan fingerprint density at radius 2 is 1.71 bits per heavy atom. The molecule has 0 aliphatic carbocycles. The van der Waals surface area contributed by atoms with Crippen LogP contribution in [0.2, 0.25) is 0 Å². The highest BCUT2D eigenvalue weighted by Gasteiger charge is 2.13. The van der Waals surface area contributed by atoms with Crippen LogP contribution in [0.3, 0.4) is 0 Å². The number of nitrogens with zero attached hydrogens (tertiary/aromatic N) is 2. The summed E-state index contributed by atoms with van der Waals surface area (Å²) in [5, 5.41) is 6.34. The van der Waals surface area contributed by atoms with E-state index in [4.69, 9.17) is 0 Å². The van der Waals surface area contributed by atoms with Gasteiger partial charge in [-0.15, -0.1) is 0 Å². The highest BCUT2D eigenvalue weighted by Crippen LogP contribution is 2.16. The highest BCUT2D eigenvalue weighted by atomic mass is 15.2. The SMILES string of the molecule is C1=CNC(c2ccnc(-c3ccccc3)n2)N1. The lowest BCUT2D eigenvalue weighted by Crippen LogP contribution is -2.22. The molecule has 1 aliphatic heterocycles. The first-order valence-corrected chi connectivity index (χ1v) is 5.49. The van der Waals surface area contributed by atoms with Gasteiger partial charge in [-0.3, -0.25) is 0 Å². The molecule has 1 aliphatic rings. The molecule has 1 aromatic carbocycles. The summed E-state index contributed by atoms with van der Waals surface area (Å²) in [7, 11) is 0. The number of benzene rings is 1. The Labute approximate surface area is 99.4 Å². The molecule has 0 radical (unpaired) electrons. The molecule has 0 fully saturated rings. The van der Waals surface area contributed by atoms with E-state index in [9.17, 15) is 0 Å². The first-order valence-electron chi connectivity index (χ1n) is 5.49. The number of nitrogens with one attached hydrogen (secondary N) is 2. The molecular formula is C13H12N4. The fourth-order valence-corrected chi connectivity index (χ4v) is 1.77. The number of aromatic nitrogens is 2. The standard InChI is InChI=1S/C13H12N4/c1-2-4-10(5-3-1)12-14-7-6-11(17-12)13-15-8-9-16-13/h1-9,13,15-16H. The third kappa shape index (κ3) is 1.97. The quantitative estimate of drug-likeness (QED) is 0.816. The second kappa shape index (κ2) is 4.25. The van der Waals surface area contributed by atoms with Gasteiger partial charge in [0, 0.05) is 24.2 Å². The van der Waals surface area contributed by atoms with Gasteiger partial charge < -0.3 is 10.6 Å². The summed E-state index contributed by atoms with van der Waals surface area (Å²) >= 11 is 0. The minimum absolute atomic E-state index is 0.0421. The lowest BCUT2D eigenvalue weighted by atomic mass is 10.2. The van der Waals surface area contributed by atoms with Crippen LogP contribution in [0.25, 0.3) is 11.4 Å². The van der Waals surface area contributed by atoms with E-state index >= 15 is 0 Å². The van der Waals surface area contributed by atoms with E-state index in [0.717, 1.165) is 17.1 Å². The van der Waals surface area contributed by atoms with E-state index in [0.29, 0.717) is 0 Å². The first kappa shape index (κ1) is 9.84. The Morgan fingerprint density at radius 1 is 0.941 bits per heavy atom. The maximum Gasteiger partial charge on any atom is 0.159 e. The van der Waals surface area contributed by atoms with Crippen molar-refractivity contribution in [3.63, 3.8) is 0 Å². The topological polar surface area (TPSA) is 49.8 Å². The van der Waals surface area contributed by atoms with Crippen LogP contribution < -0.4 is 10.6 Å². The zero-order valence-electron chi connectivity index (χ0n) is 9.17. The minimum Gasteiger partial charge on any atom is -0.365 e. The van der Waals surface area contributed by atoms with Crippen molar-refractivity contribution in [3.05, 3.63) is 60.7 Å². The van der Waals surface area contributed by atoms with Crippen LogP contribution in [0.4, 0.5) is 0 Å². The molecule has 2 N–H and O–H groups in total. The third-order valence-corrected chi connectivity index (χ3v) is 2.61. The number of hydrogen-bond acceptors (Lipinski definition) is 4. The van der Waals surface area contributed by atoms with Crippen LogP contribution in [0.15, 0.2) is 55.0 Å². The van der Waals surface area contributed by atoms with Gasteiger partial charge in [0.05, 0.1) is 5.69 Å². The average molecular weight is 224 g/mol. The molecule has 1 aromatic heterocycles. The second-order valence-electron chi connectivity index (χ2n) is 3.77. The summed E-state index contributed by atoms with van der Waals surface area (Å²) in [4.78, 5) is 8.84. The molecule has 4 heteroatoms. The fourth-order valence-electron chi connectivity index (χ4n) is 1.77. The van der Waals surface area contributed by atoms with Crippen LogP contribution in [0, 0.1) is 0 Å². The zero-order chi connectivity index (χ0) is 11.5. The largest absolute Gasteiger partial charge is 0.365 e. The van der Waals surface area contributed by atoms with Gasteiger partial charge in [0.2, 0.25) is 0 Å². The Hall–Kier alpha value is -2.36. The van der Waals surface area contributed by atoms with Crippen molar-refractivity contribution >= 4 is 0 Å². The molecule has 2 aromatic rings. The van der Waals surface area contributed by atoms with Crippen molar-refractivity contribution in [2.24, 2.45) is 0 Å². The molecule has 0 atom stereocenters. The van der Waals surface area contributed by atoms with E-state index in [1.165, 1.54) is 0 Å². The summed E-state index contributed by atoms with van der Waals surface area (Å²) in [6, 6.07) is 11.9. The maximum absolute atomic E-state index is 4.55. The van der Waals surface area contributed by atoms with Gasteiger partial charge in [-0.1, -0.05) is 30.3 Å². The Bertz CT molecular complexity index is 528. The van der Waals surface area contributed by atoms with Crippen molar-refractivity contribution in [2.75, 3.05) is 0 Å². The second-order valence-corrected chi connectivity index (χ2v) is 3.77. The van der Waals surface area contributed by atoms with Crippen molar-refractivity contribution < 1.29 is 0 Å². The predicted molar refractivity (Wildman–Crippen MR) is 65.6 cm³/mol. The molecule has 2 heterocycles. The van der Waals surface area contributed by atoms with E-state index < -0.39 is 0 Å². The zero-order valence-corrected chi connectivity index (χ0v) is 9.17. The Balaban J connectivity index is 1.94. The monoisotopic (exact) mass is 224 g/mol. The highest BCUT2D eigenvalue weighted by molar-refractivity contribution is 5.54. The molecule has 0 saturated heterocycles. The molecule has 0 bridgehead atoms. The Kier molecular flexibility index (Phi) is 2.46. The molecule has 4 nitrogen and oxygen atoms in total. The van der Waals surface area contributed by atoms with Crippen LogP contribution in [0.5, 0.6) is 0 Å². The molecule has 0 saturated carbocycles. The number of rotatable bonds is 2. The van der Waals surface area contributed by atoms with Crippen molar-refractivity contribution in [2.45, 2.75) is 6.17 Å². The summed E-state index contributed by atoms with van der Waals surface area (Å²) in [6.07, 6.45) is 5.57. The third-order valence-electron chi connectivity index (χ3n) is 2.61. The van der Waals surface area contributed by atoms with Gasteiger partial charge in [0.1, 0.15) is 6.17 Å². The lowest BCUT2D eigenvalue weighted by molar-refractivity contribution is 0.588. The van der Waals surface area contributed by atoms with Gasteiger partial charge in [-0.2, -0.15) is 0 Å².